The minimum atomic E-state index is -0.182. The highest BCUT2D eigenvalue weighted by Crippen LogP contribution is 2.78. The Labute approximate surface area is 108 Å². The summed E-state index contributed by atoms with van der Waals surface area (Å²) in [6, 6.07) is 0. The molecular weight excluding hydrogens is 228 g/mol. The van der Waals surface area contributed by atoms with E-state index in [1.807, 2.05) is 0 Å². The first kappa shape index (κ1) is 10.6. The van der Waals surface area contributed by atoms with Crippen molar-refractivity contribution in [2.75, 3.05) is 0 Å². The molecule has 3 nitrogen and oxygen atoms in total. The highest BCUT2D eigenvalue weighted by Gasteiger charge is 2.91. The predicted molar refractivity (Wildman–Crippen MR) is 65.1 cm³/mol. The molecule has 5 aliphatic rings. The Morgan fingerprint density at radius 1 is 0.944 bits per heavy atom. The lowest BCUT2D eigenvalue weighted by Crippen LogP contribution is -2.51. The van der Waals surface area contributed by atoms with Gasteiger partial charge in [-0.2, -0.15) is 0 Å². The minimum absolute atomic E-state index is 0.0512. The zero-order chi connectivity index (χ0) is 12.4. The van der Waals surface area contributed by atoms with Crippen molar-refractivity contribution in [2.24, 2.45) is 11.3 Å². The Morgan fingerprint density at radius 3 is 2.61 bits per heavy atom. The van der Waals surface area contributed by atoms with Crippen molar-refractivity contribution in [3.8, 4) is 0 Å². The van der Waals surface area contributed by atoms with Crippen LogP contribution in [-0.4, -0.2) is 29.2 Å². The largest absolute Gasteiger partial charge is 0.366 e. The molecule has 2 aliphatic carbocycles. The smallest absolute Gasteiger partial charge is 0.226 e. The van der Waals surface area contributed by atoms with Gasteiger partial charge in [-0.15, -0.1) is 0 Å². The molecule has 7 atom stereocenters. The molecule has 3 heterocycles. The number of rotatable bonds is 1. The van der Waals surface area contributed by atoms with Gasteiger partial charge in [-0.3, -0.25) is 0 Å². The third kappa shape index (κ3) is 0.862. The van der Waals surface area contributed by atoms with E-state index in [9.17, 15) is 0 Å². The van der Waals surface area contributed by atoms with Crippen LogP contribution in [-0.2, 0) is 14.2 Å². The van der Waals surface area contributed by atoms with E-state index < -0.39 is 0 Å². The second-order valence-electron chi connectivity index (χ2n) is 7.64. The average Bonchev–Trinajstić information content (AvgIpc) is 3.19. The van der Waals surface area contributed by atoms with Crippen LogP contribution in [0, 0.1) is 11.3 Å². The molecule has 0 N–H and O–H groups in total. The van der Waals surface area contributed by atoms with Crippen molar-refractivity contribution in [1.29, 1.82) is 0 Å². The molecule has 0 aromatic carbocycles. The molecule has 1 spiro atoms. The summed E-state index contributed by atoms with van der Waals surface area (Å²) in [5.74, 6) is 0.455. The van der Waals surface area contributed by atoms with Crippen molar-refractivity contribution in [3.05, 3.63) is 0 Å². The molecule has 3 saturated heterocycles. The first-order chi connectivity index (χ1) is 8.46. The van der Waals surface area contributed by atoms with Gasteiger partial charge in [0.05, 0.1) is 11.7 Å². The maximum atomic E-state index is 6.13. The third-order valence-electron chi connectivity index (χ3n) is 7.08. The molecule has 3 heteroatoms. The van der Waals surface area contributed by atoms with Crippen LogP contribution in [0.5, 0.6) is 0 Å². The molecule has 0 radical (unpaired) electrons. The molecule has 5 rings (SSSR count). The molecule has 5 fully saturated rings. The molecule has 2 saturated carbocycles. The Bertz CT molecular complexity index is 451. The van der Waals surface area contributed by atoms with Crippen LogP contribution in [0.4, 0.5) is 0 Å². The van der Waals surface area contributed by atoms with Gasteiger partial charge in [0.1, 0.15) is 11.7 Å². The monoisotopic (exact) mass is 250 g/mol. The van der Waals surface area contributed by atoms with Gasteiger partial charge in [-0.1, -0.05) is 13.3 Å². The number of hydrogen-bond donors (Lipinski definition) is 0. The van der Waals surface area contributed by atoms with Gasteiger partial charge in [0.2, 0.25) is 5.79 Å². The fourth-order valence-electron chi connectivity index (χ4n) is 5.57. The highest BCUT2D eigenvalue weighted by molar-refractivity contribution is 5.32. The summed E-state index contributed by atoms with van der Waals surface area (Å²) in [7, 11) is 0. The first-order valence-corrected chi connectivity index (χ1v) is 7.52. The Morgan fingerprint density at radius 2 is 1.78 bits per heavy atom. The van der Waals surface area contributed by atoms with E-state index in [0.29, 0.717) is 18.1 Å². The highest BCUT2D eigenvalue weighted by atomic mass is 16.9. The number of hydrogen-bond acceptors (Lipinski definition) is 3. The van der Waals surface area contributed by atoms with Crippen molar-refractivity contribution in [1.82, 2.24) is 0 Å². The van der Waals surface area contributed by atoms with Crippen molar-refractivity contribution >= 4 is 0 Å². The summed E-state index contributed by atoms with van der Waals surface area (Å²) in [6.07, 6.45) is 7.17. The van der Waals surface area contributed by atoms with Crippen LogP contribution < -0.4 is 0 Å². The maximum absolute atomic E-state index is 6.13. The lowest BCUT2D eigenvalue weighted by Gasteiger charge is -2.45. The third-order valence-corrected chi connectivity index (χ3v) is 7.08. The zero-order valence-electron chi connectivity index (χ0n) is 11.5. The zero-order valence-corrected chi connectivity index (χ0v) is 11.5. The number of ether oxygens (including phenoxy) is 3. The van der Waals surface area contributed by atoms with E-state index in [1.54, 1.807) is 0 Å². The first-order valence-electron chi connectivity index (χ1n) is 7.52. The average molecular weight is 250 g/mol. The molecular formula is C15H22O3. The molecule has 0 aromatic rings. The van der Waals surface area contributed by atoms with Crippen LogP contribution >= 0.6 is 0 Å². The second kappa shape index (κ2) is 2.55. The van der Waals surface area contributed by atoms with Gasteiger partial charge < -0.3 is 14.2 Å². The summed E-state index contributed by atoms with van der Waals surface area (Å²) in [5, 5.41) is 0. The topological polar surface area (TPSA) is 37.6 Å². The van der Waals surface area contributed by atoms with E-state index in [0.717, 1.165) is 0 Å². The molecule has 0 amide bonds. The van der Waals surface area contributed by atoms with E-state index in [-0.39, 0.29) is 22.4 Å². The summed E-state index contributed by atoms with van der Waals surface area (Å²) in [4.78, 5) is 0. The fourth-order valence-corrected chi connectivity index (χ4v) is 5.57. The van der Waals surface area contributed by atoms with E-state index >= 15 is 0 Å². The molecule has 3 aliphatic heterocycles. The van der Waals surface area contributed by atoms with Crippen LogP contribution in [0.25, 0.3) is 0 Å². The molecule has 18 heavy (non-hydrogen) atoms. The van der Waals surface area contributed by atoms with Crippen LogP contribution in [0.3, 0.4) is 0 Å². The number of fused-ring (bicyclic) bond motifs is 1. The molecule has 7 unspecified atom stereocenters. The van der Waals surface area contributed by atoms with Gasteiger partial charge in [0.25, 0.3) is 0 Å². The summed E-state index contributed by atoms with van der Waals surface area (Å²) < 4.78 is 18.0. The van der Waals surface area contributed by atoms with Gasteiger partial charge >= 0.3 is 0 Å². The Hall–Kier alpha value is -0.120. The molecule has 100 valence electrons. The summed E-state index contributed by atoms with van der Waals surface area (Å²) >= 11 is 0. The van der Waals surface area contributed by atoms with Gasteiger partial charge in [-0.05, 0) is 45.4 Å². The fraction of sp³-hybridized carbons (Fsp3) is 1.00. The predicted octanol–water partition coefficient (Wildman–Crippen LogP) is 2.63. The Kier molecular flexibility index (Phi) is 1.51. The van der Waals surface area contributed by atoms with Gasteiger partial charge in [-0.25, -0.2) is 0 Å². The lowest BCUT2D eigenvalue weighted by molar-refractivity contribution is -0.000526. The SMILES string of the molecule is CC12OC1CCCC2C1(C)CCC2OC23OC13C. The summed E-state index contributed by atoms with van der Waals surface area (Å²) in [5.41, 5.74) is 0.305. The van der Waals surface area contributed by atoms with E-state index in [4.69, 9.17) is 14.2 Å². The van der Waals surface area contributed by atoms with Crippen molar-refractivity contribution in [2.45, 2.75) is 82.1 Å². The lowest BCUT2D eigenvalue weighted by atomic mass is 9.55. The maximum Gasteiger partial charge on any atom is 0.226 e. The number of epoxide rings is 3. The summed E-state index contributed by atoms with van der Waals surface area (Å²) in [6.45, 7) is 7.03. The normalized spacial score (nSPS) is 71.8. The van der Waals surface area contributed by atoms with E-state index in [1.165, 1.54) is 32.1 Å². The quantitative estimate of drug-likeness (QED) is 0.671. The van der Waals surface area contributed by atoms with Gasteiger partial charge in [0.15, 0.2) is 0 Å². The molecule has 0 bridgehead atoms. The van der Waals surface area contributed by atoms with Gasteiger partial charge in [0, 0.05) is 5.41 Å². The second-order valence-corrected chi connectivity index (χ2v) is 7.64. The van der Waals surface area contributed by atoms with Crippen LogP contribution in [0.1, 0.15) is 52.9 Å². The Balaban J connectivity index is 1.55. The minimum Gasteiger partial charge on any atom is -0.366 e. The van der Waals surface area contributed by atoms with Crippen LogP contribution in [0.15, 0.2) is 0 Å². The van der Waals surface area contributed by atoms with Crippen molar-refractivity contribution < 1.29 is 14.2 Å². The van der Waals surface area contributed by atoms with Crippen molar-refractivity contribution in [3.63, 3.8) is 0 Å². The standard InChI is InChI=1S/C15H22O3/c1-12(9-5-4-6-10-13(9,2)16-10)8-7-11-15(17-11)14(12,3)18-15/h9-11H,4-8H2,1-3H3. The van der Waals surface area contributed by atoms with E-state index in [2.05, 4.69) is 20.8 Å². The molecule has 0 aromatic heterocycles. The van der Waals surface area contributed by atoms with Crippen LogP contribution in [0.2, 0.25) is 0 Å².